The molecule has 0 radical (unpaired) electrons. The van der Waals surface area contributed by atoms with Crippen LogP contribution in [0, 0.1) is 0 Å². The van der Waals surface area contributed by atoms with E-state index < -0.39 is 0 Å². The number of nitrogens with zero attached hydrogens (tertiary/aromatic N) is 2. The molecule has 0 atom stereocenters. The molecule has 120 valence electrons. The fourth-order valence-electron chi connectivity index (χ4n) is 2.72. The number of halogens is 1. The van der Waals surface area contributed by atoms with Gasteiger partial charge < -0.3 is 17.0 Å². The number of rotatable bonds is 5. The Balaban J connectivity index is 0.00000192. The maximum absolute atomic E-state index is 12.4. The summed E-state index contributed by atoms with van der Waals surface area (Å²) in [6.45, 7) is 3.13. The minimum atomic E-state index is -0.246. The van der Waals surface area contributed by atoms with Crippen molar-refractivity contribution >= 4 is 17.5 Å². The summed E-state index contributed by atoms with van der Waals surface area (Å²) in [5.41, 5.74) is 1.58. The van der Waals surface area contributed by atoms with E-state index >= 15 is 0 Å². The molecule has 23 heavy (non-hydrogen) atoms. The number of benzene rings is 1. The molecule has 0 aliphatic carbocycles. The van der Waals surface area contributed by atoms with Gasteiger partial charge in [-0.3, -0.25) is 9.59 Å². The molecule has 0 spiro atoms. The maximum atomic E-state index is 12.4. The van der Waals surface area contributed by atoms with Crippen molar-refractivity contribution in [1.82, 2.24) is 0 Å². The quantitative estimate of drug-likeness (QED) is 0.419. The van der Waals surface area contributed by atoms with E-state index in [1.807, 2.05) is 24.5 Å². The van der Waals surface area contributed by atoms with Gasteiger partial charge in [0, 0.05) is 18.6 Å². The molecule has 0 saturated heterocycles. The highest BCUT2D eigenvalue weighted by Crippen LogP contribution is 2.27. The lowest BCUT2D eigenvalue weighted by Gasteiger charge is -2.12. The maximum Gasteiger partial charge on any atom is 0.266 e. The molecule has 0 bridgehead atoms. The number of imide groups is 1. The number of carbonyl (C=O) groups is 2. The molecule has 2 amide bonds. The lowest BCUT2D eigenvalue weighted by Crippen LogP contribution is -3.00. The zero-order valence-electron chi connectivity index (χ0n) is 13.0. The van der Waals surface area contributed by atoms with Gasteiger partial charge in [0.15, 0.2) is 12.4 Å². The van der Waals surface area contributed by atoms with Crippen LogP contribution in [0.5, 0.6) is 0 Å². The van der Waals surface area contributed by atoms with Crippen molar-refractivity contribution in [1.29, 1.82) is 0 Å². The highest BCUT2D eigenvalue weighted by Gasteiger charge is 2.36. The second kappa shape index (κ2) is 7.51. The van der Waals surface area contributed by atoms with E-state index in [0.717, 1.165) is 13.0 Å². The minimum absolute atomic E-state index is 0. The third-order valence-electron chi connectivity index (χ3n) is 3.95. The standard InChI is InChI=1S/C18H19N2O2.BrH/c1-2-3-6-11-19-12-9-14(10-13-19)20-17(21)15-7-4-5-8-16(15)18(20)22;/h4-5,7-10,12-13H,2-3,6,11H2,1H3;1H/q+1;/p-1. The van der Waals surface area contributed by atoms with Gasteiger partial charge in [0.25, 0.3) is 11.8 Å². The Kier molecular flexibility index (Phi) is 5.66. The molecular formula is C18H19BrN2O2. The SMILES string of the molecule is CCCCC[n+]1ccc(N2C(=O)c3ccccc3C2=O)cc1.[Br-]. The van der Waals surface area contributed by atoms with E-state index in [0.29, 0.717) is 16.8 Å². The Morgan fingerprint density at radius 3 is 2.00 bits per heavy atom. The van der Waals surface area contributed by atoms with Gasteiger partial charge in [-0.1, -0.05) is 25.5 Å². The summed E-state index contributed by atoms with van der Waals surface area (Å²) in [6.07, 6.45) is 7.37. The third kappa shape index (κ3) is 3.34. The molecule has 0 unspecified atom stereocenters. The molecule has 5 heteroatoms. The van der Waals surface area contributed by atoms with Crippen LogP contribution in [0.4, 0.5) is 5.69 Å². The lowest BCUT2D eigenvalue weighted by atomic mass is 10.1. The third-order valence-corrected chi connectivity index (χ3v) is 3.95. The Morgan fingerprint density at radius 1 is 0.913 bits per heavy atom. The zero-order chi connectivity index (χ0) is 15.5. The van der Waals surface area contributed by atoms with E-state index in [2.05, 4.69) is 11.5 Å². The summed E-state index contributed by atoms with van der Waals surface area (Å²) in [7, 11) is 0. The summed E-state index contributed by atoms with van der Waals surface area (Å²) in [4.78, 5) is 26.1. The molecule has 1 aromatic carbocycles. The summed E-state index contributed by atoms with van der Waals surface area (Å²) >= 11 is 0. The Bertz CT molecular complexity index is 678. The lowest BCUT2D eigenvalue weighted by molar-refractivity contribution is -0.697. The van der Waals surface area contributed by atoms with E-state index in [1.165, 1.54) is 17.7 Å². The van der Waals surface area contributed by atoms with Crippen LogP contribution in [0.25, 0.3) is 0 Å². The molecule has 1 aliphatic rings. The van der Waals surface area contributed by atoms with Crippen molar-refractivity contribution < 1.29 is 31.1 Å². The molecular weight excluding hydrogens is 356 g/mol. The second-order valence-corrected chi connectivity index (χ2v) is 5.49. The van der Waals surface area contributed by atoms with Gasteiger partial charge in [0.05, 0.1) is 16.8 Å². The first-order valence-electron chi connectivity index (χ1n) is 7.69. The largest absolute Gasteiger partial charge is 1.00 e. The summed E-state index contributed by atoms with van der Waals surface area (Å²) in [5.74, 6) is -0.492. The van der Waals surface area contributed by atoms with Gasteiger partial charge in [-0.2, -0.15) is 0 Å². The first-order valence-corrected chi connectivity index (χ1v) is 7.69. The van der Waals surface area contributed by atoms with Crippen molar-refractivity contribution in [2.75, 3.05) is 4.90 Å². The Labute approximate surface area is 146 Å². The van der Waals surface area contributed by atoms with Crippen LogP contribution in [0.2, 0.25) is 0 Å². The van der Waals surface area contributed by atoms with E-state index in [-0.39, 0.29) is 28.8 Å². The predicted molar refractivity (Wildman–Crippen MR) is 83.7 cm³/mol. The van der Waals surface area contributed by atoms with Crippen molar-refractivity contribution in [2.24, 2.45) is 0 Å². The van der Waals surface area contributed by atoms with Crippen molar-refractivity contribution in [3.8, 4) is 0 Å². The van der Waals surface area contributed by atoms with Crippen molar-refractivity contribution in [3.63, 3.8) is 0 Å². The van der Waals surface area contributed by atoms with Crippen LogP contribution >= 0.6 is 0 Å². The number of pyridine rings is 1. The van der Waals surface area contributed by atoms with Crippen LogP contribution in [0.1, 0.15) is 46.9 Å². The number of aromatic nitrogens is 1. The van der Waals surface area contributed by atoms with Gasteiger partial charge in [0.1, 0.15) is 6.54 Å². The molecule has 1 aromatic heterocycles. The highest BCUT2D eigenvalue weighted by atomic mass is 79.9. The fraction of sp³-hybridized carbons (Fsp3) is 0.278. The van der Waals surface area contributed by atoms with E-state index in [4.69, 9.17) is 0 Å². The van der Waals surface area contributed by atoms with Gasteiger partial charge in [0.2, 0.25) is 0 Å². The van der Waals surface area contributed by atoms with Crippen LogP contribution in [-0.2, 0) is 6.54 Å². The molecule has 3 rings (SSSR count). The molecule has 0 saturated carbocycles. The average molecular weight is 375 g/mol. The van der Waals surface area contributed by atoms with Gasteiger partial charge in [-0.15, -0.1) is 0 Å². The topological polar surface area (TPSA) is 41.3 Å². The number of unbranched alkanes of at least 4 members (excludes halogenated alkanes) is 2. The first-order chi connectivity index (χ1) is 10.7. The Hall–Kier alpha value is -2.01. The number of amides is 2. The Morgan fingerprint density at radius 2 is 1.48 bits per heavy atom. The fourth-order valence-corrected chi connectivity index (χ4v) is 2.72. The number of aryl methyl sites for hydroxylation is 1. The minimum Gasteiger partial charge on any atom is -1.00 e. The van der Waals surface area contributed by atoms with E-state index in [9.17, 15) is 9.59 Å². The molecule has 2 aromatic rings. The van der Waals surface area contributed by atoms with Gasteiger partial charge >= 0.3 is 0 Å². The molecule has 4 nitrogen and oxygen atoms in total. The predicted octanol–water partition coefficient (Wildman–Crippen LogP) is -0.0311. The van der Waals surface area contributed by atoms with Crippen LogP contribution < -0.4 is 26.4 Å². The number of hydrogen-bond acceptors (Lipinski definition) is 2. The average Bonchev–Trinajstić information content (AvgIpc) is 2.81. The molecule has 1 aliphatic heterocycles. The number of fused-ring (bicyclic) bond motifs is 1. The van der Waals surface area contributed by atoms with Crippen molar-refractivity contribution in [3.05, 3.63) is 59.9 Å². The summed E-state index contributed by atoms with van der Waals surface area (Å²) < 4.78 is 2.08. The monoisotopic (exact) mass is 374 g/mol. The van der Waals surface area contributed by atoms with Crippen LogP contribution in [0.3, 0.4) is 0 Å². The summed E-state index contributed by atoms with van der Waals surface area (Å²) in [6, 6.07) is 10.6. The number of hydrogen-bond donors (Lipinski definition) is 0. The molecule has 2 heterocycles. The van der Waals surface area contributed by atoms with Crippen LogP contribution in [-0.4, -0.2) is 11.8 Å². The van der Waals surface area contributed by atoms with Crippen LogP contribution in [0.15, 0.2) is 48.8 Å². The first kappa shape index (κ1) is 17.3. The van der Waals surface area contributed by atoms with E-state index in [1.54, 1.807) is 24.3 Å². The molecule has 0 N–H and O–H groups in total. The number of anilines is 1. The molecule has 0 fully saturated rings. The highest BCUT2D eigenvalue weighted by molar-refractivity contribution is 6.34. The van der Waals surface area contributed by atoms with Gasteiger partial charge in [-0.25, -0.2) is 9.47 Å². The zero-order valence-corrected chi connectivity index (χ0v) is 14.6. The second-order valence-electron chi connectivity index (χ2n) is 5.49. The smallest absolute Gasteiger partial charge is 0.266 e. The van der Waals surface area contributed by atoms with Gasteiger partial charge in [-0.05, 0) is 18.6 Å². The normalized spacial score (nSPS) is 13.0. The number of carbonyl (C=O) groups excluding carboxylic acids is 2. The summed E-state index contributed by atoms with van der Waals surface area (Å²) in [5, 5.41) is 0. The van der Waals surface area contributed by atoms with Crippen molar-refractivity contribution in [2.45, 2.75) is 32.7 Å².